The lowest BCUT2D eigenvalue weighted by Crippen LogP contribution is -2.02. The Morgan fingerprint density at radius 3 is 2.68 bits per heavy atom. The summed E-state index contributed by atoms with van der Waals surface area (Å²) in [6.45, 7) is 2.77. The maximum atomic E-state index is 4.59. The summed E-state index contributed by atoms with van der Waals surface area (Å²) in [5, 5.41) is 5.78. The molecule has 3 aromatic rings. The number of hydrogen-bond donors (Lipinski definition) is 1. The van der Waals surface area contributed by atoms with Crippen molar-refractivity contribution in [3.8, 4) is 0 Å². The fraction of sp³-hybridized carbons (Fsp3) is 0.125. The van der Waals surface area contributed by atoms with Gasteiger partial charge in [-0.1, -0.05) is 24.3 Å². The van der Waals surface area contributed by atoms with E-state index in [9.17, 15) is 0 Å². The number of hydrogen-bond acceptors (Lipinski definition) is 3. The molecule has 0 fully saturated rings. The molecule has 2 heterocycles. The van der Waals surface area contributed by atoms with Crippen LogP contribution in [0.1, 0.15) is 11.3 Å². The molecule has 0 radical (unpaired) electrons. The van der Waals surface area contributed by atoms with Gasteiger partial charge < -0.3 is 5.32 Å². The van der Waals surface area contributed by atoms with Crippen molar-refractivity contribution in [1.82, 2.24) is 9.97 Å². The molecule has 0 spiro atoms. The van der Waals surface area contributed by atoms with E-state index in [1.165, 1.54) is 10.9 Å². The summed E-state index contributed by atoms with van der Waals surface area (Å²) in [5.74, 6) is 0.937. The number of nitrogens with one attached hydrogen (secondary N) is 1. The van der Waals surface area contributed by atoms with Crippen LogP contribution in [-0.4, -0.2) is 9.97 Å². The number of nitrogens with zero attached hydrogens (tertiary/aromatic N) is 2. The van der Waals surface area contributed by atoms with Gasteiger partial charge in [0.15, 0.2) is 0 Å². The van der Waals surface area contributed by atoms with Gasteiger partial charge in [-0.3, -0.25) is 4.98 Å². The molecule has 3 nitrogen and oxygen atoms in total. The highest BCUT2D eigenvalue weighted by molar-refractivity contribution is 5.92. The van der Waals surface area contributed by atoms with Crippen LogP contribution in [0.3, 0.4) is 0 Å². The maximum Gasteiger partial charge on any atom is 0.134 e. The van der Waals surface area contributed by atoms with Crippen molar-refractivity contribution < 1.29 is 0 Å². The second-order valence-corrected chi connectivity index (χ2v) is 4.54. The maximum absolute atomic E-state index is 4.59. The highest BCUT2D eigenvalue weighted by Gasteiger charge is 2.03. The van der Waals surface area contributed by atoms with Gasteiger partial charge in [-0.2, -0.15) is 0 Å². The van der Waals surface area contributed by atoms with E-state index in [0.29, 0.717) is 0 Å². The van der Waals surface area contributed by atoms with Crippen molar-refractivity contribution >= 4 is 16.6 Å². The van der Waals surface area contributed by atoms with Gasteiger partial charge in [0, 0.05) is 30.0 Å². The fourth-order valence-corrected chi connectivity index (χ4v) is 2.15. The lowest BCUT2D eigenvalue weighted by Gasteiger charge is -2.10. The highest BCUT2D eigenvalue weighted by atomic mass is 15.0. The highest BCUT2D eigenvalue weighted by Crippen LogP contribution is 2.22. The van der Waals surface area contributed by atoms with Crippen LogP contribution in [0.4, 0.5) is 5.82 Å². The van der Waals surface area contributed by atoms with Crippen molar-refractivity contribution in [3.05, 3.63) is 66.1 Å². The molecule has 0 aliphatic carbocycles. The number of pyridine rings is 2. The molecule has 0 unspecified atom stereocenters. The molecule has 0 saturated heterocycles. The molecule has 94 valence electrons. The zero-order valence-corrected chi connectivity index (χ0v) is 10.8. The van der Waals surface area contributed by atoms with Gasteiger partial charge in [0.2, 0.25) is 0 Å². The van der Waals surface area contributed by atoms with E-state index in [-0.39, 0.29) is 0 Å². The van der Waals surface area contributed by atoms with Crippen LogP contribution in [0.5, 0.6) is 0 Å². The van der Waals surface area contributed by atoms with Crippen molar-refractivity contribution in [2.24, 2.45) is 0 Å². The monoisotopic (exact) mass is 249 g/mol. The van der Waals surface area contributed by atoms with E-state index in [0.717, 1.165) is 23.4 Å². The minimum absolute atomic E-state index is 0.753. The first-order chi connectivity index (χ1) is 9.33. The van der Waals surface area contributed by atoms with Crippen LogP contribution in [0.2, 0.25) is 0 Å². The molecule has 0 saturated carbocycles. The average molecular weight is 249 g/mol. The molecule has 0 aliphatic rings. The third kappa shape index (κ3) is 2.55. The first-order valence-electron chi connectivity index (χ1n) is 6.32. The molecular weight excluding hydrogens is 234 g/mol. The molecule has 3 heteroatoms. The zero-order valence-electron chi connectivity index (χ0n) is 10.8. The van der Waals surface area contributed by atoms with Crippen molar-refractivity contribution in [2.75, 3.05) is 5.32 Å². The average Bonchev–Trinajstić information content (AvgIpc) is 2.45. The predicted molar refractivity (Wildman–Crippen MR) is 78.0 cm³/mol. The largest absolute Gasteiger partial charge is 0.365 e. The molecule has 0 atom stereocenters. The molecule has 1 N–H and O–H groups in total. The molecule has 0 bridgehead atoms. The Morgan fingerprint density at radius 1 is 1.05 bits per heavy atom. The zero-order chi connectivity index (χ0) is 13.1. The van der Waals surface area contributed by atoms with Crippen molar-refractivity contribution in [1.29, 1.82) is 0 Å². The summed E-state index contributed by atoms with van der Waals surface area (Å²) in [6.07, 6.45) is 3.61. The quantitative estimate of drug-likeness (QED) is 0.771. The smallest absolute Gasteiger partial charge is 0.134 e. The van der Waals surface area contributed by atoms with Gasteiger partial charge in [-0.15, -0.1) is 0 Å². The Labute approximate surface area is 112 Å². The van der Waals surface area contributed by atoms with E-state index < -0.39 is 0 Å². The number of anilines is 1. The first-order valence-corrected chi connectivity index (χ1v) is 6.32. The lowest BCUT2D eigenvalue weighted by molar-refractivity contribution is 1.09. The van der Waals surface area contributed by atoms with Gasteiger partial charge in [0.1, 0.15) is 5.82 Å². The second kappa shape index (κ2) is 5.06. The number of rotatable bonds is 3. The summed E-state index contributed by atoms with van der Waals surface area (Å²) in [6, 6.07) is 14.4. The van der Waals surface area contributed by atoms with Gasteiger partial charge in [0.05, 0.1) is 0 Å². The van der Waals surface area contributed by atoms with Gasteiger partial charge in [-0.25, -0.2) is 4.98 Å². The molecule has 0 aliphatic heterocycles. The van der Waals surface area contributed by atoms with Crippen LogP contribution < -0.4 is 5.32 Å². The summed E-state index contributed by atoms with van der Waals surface area (Å²) < 4.78 is 0. The number of aromatic nitrogens is 2. The standard InChI is InChI=1S/C16H15N3/c1-12-10-14-4-2-3-5-15(14)16(19-12)18-11-13-6-8-17-9-7-13/h2-10H,11H2,1H3,(H,18,19). The second-order valence-electron chi connectivity index (χ2n) is 4.54. The number of benzene rings is 1. The van der Waals surface area contributed by atoms with E-state index in [4.69, 9.17) is 0 Å². The Bertz CT molecular complexity index is 693. The Balaban J connectivity index is 1.92. The summed E-state index contributed by atoms with van der Waals surface area (Å²) in [4.78, 5) is 8.61. The fourth-order valence-electron chi connectivity index (χ4n) is 2.15. The third-order valence-corrected chi connectivity index (χ3v) is 3.08. The molecular formula is C16H15N3. The summed E-state index contributed by atoms with van der Waals surface area (Å²) in [5.41, 5.74) is 2.22. The Kier molecular flexibility index (Phi) is 3.11. The topological polar surface area (TPSA) is 37.8 Å². The van der Waals surface area contributed by atoms with E-state index in [1.54, 1.807) is 12.4 Å². The molecule has 19 heavy (non-hydrogen) atoms. The predicted octanol–water partition coefficient (Wildman–Crippen LogP) is 3.55. The van der Waals surface area contributed by atoms with E-state index in [2.05, 4.69) is 39.6 Å². The van der Waals surface area contributed by atoms with Crippen LogP contribution in [0.25, 0.3) is 10.8 Å². The minimum Gasteiger partial charge on any atom is -0.365 e. The van der Waals surface area contributed by atoms with Crippen LogP contribution in [-0.2, 0) is 6.54 Å². The molecule has 2 aromatic heterocycles. The summed E-state index contributed by atoms with van der Waals surface area (Å²) in [7, 11) is 0. The van der Waals surface area contributed by atoms with Gasteiger partial charge in [-0.05, 0) is 36.1 Å². The van der Waals surface area contributed by atoms with Crippen LogP contribution >= 0.6 is 0 Å². The molecule has 0 amide bonds. The Morgan fingerprint density at radius 2 is 1.84 bits per heavy atom. The number of aryl methyl sites for hydroxylation is 1. The van der Waals surface area contributed by atoms with Gasteiger partial charge in [0.25, 0.3) is 0 Å². The Hall–Kier alpha value is -2.42. The van der Waals surface area contributed by atoms with E-state index in [1.807, 2.05) is 25.1 Å². The van der Waals surface area contributed by atoms with Gasteiger partial charge >= 0.3 is 0 Å². The lowest BCUT2D eigenvalue weighted by atomic mass is 10.1. The van der Waals surface area contributed by atoms with Crippen molar-refractivity contribution in [3.63, 3.8) is 0 Å². The molecule has 3 rings (SSSR count). The van der Waals surface area contributed by atoms with Crippen molar-refractivity contribution in [2.45, 2.75) is 13.5 Å². The first kappa shape index (κ1) is 11.7. The SMILES string of the molecule is Cc1cc2ccccc2c(NCc2ccncc2)n1. The minimum atomic E-state index is 0.753. The van der Waals surface area contributed by atoms with Crippen LogP contribution in [0, 0.1) is 6.92 Å². The normalized spacial score (nSPS) is 10.6. The number of fused-ring (bicyclic) bond motifs is 1. The van der Waals surface area contributed by atoms with Crippen LogP contribution in [0.15, 0.2) is 54.9 Å². The van der Waals surface area contributed by atoms with E-state index >= 15 is 0 Å². The summed E-state index contributed by atoms with van der Waals surface area (Å²) >= 11 is 0. The molecule has 1 aromatic carbocycles. The third-order valence-electron chi connectivity index (χ3n) is 3.08.